The van der Waals surface area contributed by atoms with Gasteiger partial charge in [-0.05, 0) is 110 Å². The summed E-state index contributed by atoms with van der Waals surface area (Å²) < 4.78 is 0. The fourth-order valence-electron chi connectivity index (χ4n) is 6.53. The Labute approximate surface area is 236 Å². The van der Waals surface area contributed by atoms with E-state index in [1.807, 2.05) is 36.5 Å². The van der Waals surface area contributed by atoms with E-state index >= 15 is 0 Å². The van der Waals surface area contributed by atoms with E-state index < -0.39 is 5.41 Å². The summed E-state index contributed by atoms with van der Waals surface area (Å²) in [4.78, 5) is 20.5. The van der Waals surface area contributed by atoms with Crippen LogP contribution in [0.15, 0.2) is 85.1 Å². The number of likely N-dealkylation sites (tertiary alicyclic amines) is 1. The van der Waals surface area contributed by atoms with E-state index in [1.165, 1.54) is 29.4 Å². The quantitative estimate of drug-likeness (QED) is 0.261. The number of fused-ring (bicyclic) bond motifs is 1. The molecule has 0 spiro atoms. The highest BCUT2D eigenvalue weighted by atomic mass is 35.5. The van der Waals surface area contributed by atoms with Crippen LogP contribution in [0.25, 0.3) is 10.9 Å². The molecule has 0 bridgehead atoms. The van der Waals surface area contributed by atoms with Crippen LogP contribution in [0.2, 0.25) is 5.02 Å². The zero-order chi connectivity index (χ0) is 26.7. The molecular weight excluding hydrogens is 502 g/mol. The highest BCUT2D eigenvalue weighted by Gasteiger charge is 2.42. The van der Waals surface area contributed by atoms with Crippen LogP contribution in [-0.4, -0.2) is 28.9 Å². The molecule has 1 saturated carbocycles. The molecule has 2 heterocycles. The van der Waals surface area contributed by atoms with Crippen molar-refractivity contribution in [2.24, 2.45) is 5.92 Å². The lowest BCUT2D eigenvalue weighted by Gasteiger charge is -2.32. The second kappa shape index (κ2) is 11.5. The minimum absolute atomic E-state index is 0.102. The molecule has 200 valence electrons. The van der Waals surface area contributed by atoms with Crippen LogP contribution in [0.5, 0.6) is 0 Å². The van der Waals surface area contributed by atoms with Gasteiger partial charge in [-0.3, -0.25) is 14.7 Å². The Hall–Kier alpha value is -3.21. The van der Waals surface area contributed by atoms with Crippen molar-refractivity contribution in [3.05, 3.63) is 107 Å². The van der Waals surface area contributed by atoms with E-state index in [9.17, 15) is 4.79 Å². The average molecular weight is 538 g/mol. The maximum atomic E-state index is 13.5. The fourth-order valence-corrected chi connectivity index (χ4v) is 6.66. The molecule has 2 aliphatic rings. The summed E-state index contributed by atoms with van der Waals surface area (Å²) in [6.07, 6.45) is 9.31. The molecule has 1 aromatic heterocycles. The van der Waals surface area contributed by atoms with Gasteiger partial charge in [-0.15, -0.1) is 0 Å². The number of hydrogen-bond acceptors (Lipinski definition) is 3. The number of aromatic nitrogens is 1. The summed E-state index contributed by atoms with van der Waals surface area (Å²) in [7, 11) is 0. The van der Waals surface area contributed by atoms with Crippen LogP contribution in [0.3, 0.4) is 0 Å². The van der Waals surface area contributed by atoms with E-state index in [-0.39, 0.29) is 5.91 Å². The average Bonchev–Trinajstić information content (AvgIpc) is 3.47. The molecule has 1 amide bonds. The van der Waals surface area contributed by atoms with Gasteiger partial charge in [-0.2, -0.15) is 0 Å². The normalized spacial score (nSPS) is 17.9. The number of nitrogens with zero attached hydrogens (tertiary/aromatic N) is 2. The van der Waals surface area contributed by atoms with Crippen molar-refractivity contribution in [3.8, 4) is 0 Å². The molecule has 3 aromatic carbocycles. The fraction of sp³-hybridized carbons (Fsp3) is 0.353. The lowest BCUT2D eigenvalue weighted by Crippen LogP contribution is -2.38. The van der Waals surface area contributed by atoms with Crippen molar-refractivity contribution in [1.82, 2.24) is 9.88 Å². The summed E-state index contributed by atoms with van der Waals surface area (Å²) >= 11 is 6.11. The number of halogens is 1. The minimum atomic E-state index is -0.457. The summed E-state index contributed by atoms with van der Waals surface area (Å²) in [6.45, 7) is 3.27. The molecule has 1 aliphatic heterocycles. The lowest BCUT2D eigenvalue weighted by molar-refractivity contribution is -0.121. The highest BCUT2D eigenvalue weighted by Crippen LogP contribution is 2.42. The third-order valence-corrected chi connectivity index (χ3v) is 9.06. The number of hydrogen-bond donors (Lipinski definition) is 1. The molecule has 1 N–H and O–H groups in total. The second-order valence-electron chi connectivity index (χ2n) is 11.4. The zero-order valence-corrected chi connectivity index (χ0v) is 23.2. The molecule has 0 atom stereocenters. The Morgan fingerprint density at radius 1 is 0.923 bits per heavy atom. The second-order valence-corrected chi connectivity index (χ2v) is 11.8. The van der Waals surface area contributed by atoms with Crippen molar-refractivity contribution in [2.45, 2.75) is 56.9 Å². The van der Waals surface area contributed by atoms with Crippen molar-refractivity contribution in [2.75, 3.05) is 18.4 Å². The largest absolute Gasteiger partial charge is 0.325 e. The van der Waals surface area contributed by atoms with E-state index in [0.29, 0.717) is 10.9 Å². The number of carbonyl (C=O) groups is 1. The number of anilines is 1. The summed E-state index contributed by atoms with van der Waals surface area (Å²) in [5.74, 6) is 0.805. The van der Waals surface area contributed by atoms with Gasteiger partial charge in [-0.1, -0.05) is 60.8 Å². The first-order valence-corrected chi connectivity index (χ1v) is 14.7. The Bertz CT molecular complexity index is 1420. The number of nitrogens with one attached hydrogen (secondary N) is 1. The molecule has 4 aromatic rings. The number of carbonyl (C=O) groups excluding carboxylic acids is 1. The third-order valence-electron chi connectivity index (χ3n) is 8.81. The van der Waals surface area contributed by atoms with Crippen molar-refractivity contribution in [3.63, 3.8) is 0 Å². The van der Waals surface area contributed by atoms with E-state index in [4.69, 9.17) is 11.6 Å². The van der Waals surface area contributed by atoms with Crippen LogP contribution >= 0.6 is 11.6 Å². The molecule has 1 aliphatic carbocycles. The maximum absolute atomic E-state index is 13.5. The van der Waals surface area contributed by atoms with Crippen LogP contribution in [0, 0.1) is 5.92 Å². The third kappa shape index (κ3) is 5.88. The van der Waals surface area contributed by atoms with Crippen LogP contribution in [0.4, 0.5) is 5.69 Å². The van der Waals surface area contributed by atoms with Gasteiger partial charge in [0.1, 0.15) is 0 Å². The van der Waals surface area contributed by atoms with Gasteiger partial charge in [0.05, 0.1) is 10.9 Å². The zero-order valence-electron chi connectivity index (χ0n) is 22.4. The van der Waals surface area contributed by atoms with Gasteiger partial charge in [0.15, 0.2) is 0 Å². The molecule has 39 heavy (non-hydrogen) atoms. The molecule has 0 radical (unpaired) electrons. The van der Waals surface area contributed by atoms with Gasteiger partial charge < -0.3 is 5.32 Å². The van der Waals surface area contributed by atoms with Gasteiger partial charge in [0.25, 0.3) is 0 Å². The first-order chi connectivity index (χ1) is 19.1. The Morgan fingerprint density at radius 2 is 1.64 bits per heavy atom. The summed E-state index contributed by atoms with van der Waals surface area (Å²) in [5.41, 5.74) is 5.27. The topological polar surface area (TPSA) is 45.2 Å². The van der Waals surface area contributed by atoms with Gasteiger partial charge in [0.2, 0.25) is 5.91 Å². The standard InChI is InChI=1S/C34H36ClN3O/c35-30-10-8-29(9-11-30)34(17-1-2-18-34)33(39)37-31-12-5-25(6-13-31)22-26-15-20-38(21-16-26)24-27-7-14-32-28(23-27)4-3-19-36-32/h3-14,19,23,26H,1-2,15-18,20-22,24H2,(H,37,39). The predicted octanol–water partition coefficient (Wildman–Crippen LogP) is 7.79. The van der Waals surface area contributed by atoms with Gasteiger partial charge in [0, 0.05) is 28.8 Å². The maximum Gasteiger partial charge on any atom is 0.235 e. The number of rotatable bonds is 7. The van der Waals surface area contributed by atoms with Crippen molar-refractivity contribution < 1.29 is 4.79 Å². The lowest BCUT2D eigenvalue weighted by atomic mass is 9.78. The van der Waals surface area contributed by atoms with E-state index in [2.05, 4.69) is 63.7 Å². The molecule has 1 saturated heterocycles. The van der Waals surface area contributed by atoms with E-state index in [0.717, 1.165) is 68.5 Å². The molecule has 6 rings (SSSR count). The van der Waals surface area contributed by atoms with Crippen LogP contribution < -0.4 is 5.32 Å². The van der Waals surface area contributed by atoms with Crippen LogP contribution in [-0.2, 0) is 23.2 Å². The number of piperidine rings is 1. The minimum Gasteiger partial charge on any atom is -0.325 e. The number of benzene rings is 3. The van der Waals surface area contributed by atoms with Crippen molar-refractivity contribution >= 4 is 34.1 Å². The first-order valence-electron chi connectivity index (χ1n) is 14.3. The predicted molar refractivity (Wildman–Crippen MR) is 160 cm³/mol. The number of amides is 1. The Morgan fingerprint density at radius 3 is 2.38 bits per heavy atom. The number of pyridine rings is 1. The molecule has 4 nitrogen and oxygen atoms in total. The first kappa shape index (κ1) is 26.0. The Kier molecular flexibility index (Phi) is 7.67. The van der Waals surface area contributed by atoms with Gasteiger partial charge in [-0.25, -0.2) is 0 Å². The molecule has 5 heteroatoms. The Balaban J connectivity index is 1.02. The summed E-state index contributed by atoms with van der Waals surface area (Å²) in [6, 6.07) is 27.1. The van der Waals surface area contributed by atoms with E-state index in [1.54, 1.807) is 0 Å². The SMILES string of the molecule is O=C(Nc1ccc(CC2CCN(Cc3ccc4ncccc4c3)CC2)cc1)C1(c2ccc(Cl)cc2)CCCC1. The molecule has 0 unspecified atom stereocenters. The monoisotopic (exact) mass is 537 g/mol. The van der Waals surface area contributed by atoms with Crippen LogP contribution in [0.1, 0.15) is 55.2 Å². The van der Waals surface area contributed by atoms with Gasteiger partial charge >= 0.3 is 0 Å². The smallest absolute Gasteiger partial charge is 0.235 e. The molecular formula is C34H36ClN3O. The summed E-state index contributed by atoms with van der Waals surface area (Å²) in [5, 5.41) is 5.15. The van der Waals surface area contributed by atoms with Crippen molar-refractivity contribution in [1.29, 1.82) is 0 Å². The molecule has 2 fully saturated rings. The highest BCUT2D eigenvalue weighted by molar-refractivity contribution is 6.30.